The fraction of sp³-hybridized carbons (Fsp3) is 0.304. The zero-order valence-electron chi connectivity index (χ0n) is 17.7. The van der Waals surface area contributed by atoms with Gasteiger partial charge in [-0.25, -0.2) is 9.67 Å². The van der Waals surface area contributed by atoms with Crippen molar-refractivity contribution in [2.24, 2.45) is 5.73 Å². The van der Waals surface area contributed by atoms with Crippen LogP contribution in [0.25, 0.3) is 28.0 Å². The highest BCUT2D eigenvalue weighted by Gasteiger charge is 2.16. The molecule has 0 unspecified atom stereocenters. The summed E-state index contributed by atoms with van der Waals surface area (Å²) in [5, 5.41) is 14.8. The number of aliphatic hydroxyl groups excluding tert-OH is 1. The Labute approximate surface area is 180 Å². The van der Waals surface area contributed by atoms with Crippen LogP contribution in [-0.4, -0.2) is 36.4 Å². The summed E-state index contributed by atoms with van der Waals surface area (Å²) in [5.74, 6) is 1.24. The van der Waals surface area contributed by atoms with E-state index < -0.39 is 0 Å². The Morgan fingerprint density at radius 3 is 2.77 bits per heavy atom. The highest BCUT2D eigenvalue weighted by Crippen LogP contribution is 2.33. The minimum Gasteiger partial charge on any atom is -0.493 e. The third-order valence-electron chi connectivity index (χ3n) is 5.05. The molecule has 0 radical (unpaired) electrons. The smallest absolute Gasteiger partial charge is 0.172 e. The quantitative estimate of drug-likeness (QED) is 0.450. The highest BCUT2D eigenvalue weighted by atomic mass is 16.5. The standard InChI is InChI=1S/C23H26N6O2/c1-3-6-18(24)20-8-5-7-19(28-20)15-9-21-17(22(10-15)31-4-2)12-26-29(21)23-13-25-11-16(14-30)27-23/h5,7-13,18,30H,3-4,6,14,24H2,1-2H3/t18-/m0/s1. The second kappa shape index (κ2) is 9.20. The van der Waals surface area contributed by atoms with E-state index in [4.69, 9.17) is 15.5 Å². The number of rotatable bonds is 8. The molecule has 0 aliphatic carbocycles. The molecule has 0 fully saturated rings. The molecule has 1 aromatic carbocycles. The molecule has 0 saturated heterocycles. The Balaban J connectivity index is 1.86. The van der Waals surface area contributed by atoms with Crippen molar-refractivity contribution in [3.63, 3.8) is 0 Å². The molecular formula is C23H26N6O2. The van der Waals surface area contributed by atoms with E-state index in [1.165, 1.54) is 6.20 Å². The van der Waals surface area contributed by atoms with Crippen LogP contribution in [0.4, 0.5) is 0 Å². The fourth-order valence-electron chi connectivity index (χ4n) is 3.55. The molecular weight excluding hydrogens is 392 g/mol. The number of pyridine rings is 1. The van der Waals surface area contributed by atoms with Gasteiger partial charge in [-0.2, -0.15) is 5.10 Å². The molecule has 4 rings (SSSR count). The third kappa shape index (κ3) is 4.26. The van der Waals surface area contributed by atoms with Gasteiger partial charge in [-0.05, 0) is 37.6 Å². The molecule has 3 heterocycles. The van der Waals surface area contributed by atoms with E-state index in [1.807, 2.05) is 37.3 Å². The molecule has 3 N–H and O–H groups in total. The maximum atomic E-state index is 9.42. The molecule has 3 aromatic heterocycles. The summed E-state index contributed by atoms with van der Waals surface area (Å²) < 4.78 is 7.60. The molecule has 0 amide bonds. The number of hydrogen-bond donors (Lipinski definition) is 2. The number of aromatic nitrogens is 5. The molecule has 0 aliphatic rings. The average Bonchev–Trinajstić information content (AvgIpc) is 3.24. The molecule has 8 nitrogen and oxygen atoms in total. The molecule has 160 valence electrons. The maximum absolute atomic E-state index is 9.42. The van der Waals surface area contributed by atoms with E-state index in [0.29, 0.717) is 18.1 Å². The van der Waals surface area contributed by atoms with E-state index in [0.717, 1.165) is 46.4 Å². The van der Waals surface area contributed by atoms with Gasteiger partial charge in [0, 0.05) is 11.6 Å². The van der Waals surface area contributed by atoms with Crippen molar-refractivity contribution in [3.05, 3.63) is 60.3 Å². The predicted octanol–water partition coefficient (Wildman–Crippen LogP) is 3.57. The van der Waals surface area contributed by atoms with Gasteiger partial charge in [0.2, 0.25) is 0 Å². The van der Waals surface area contributed by atoms with Crippen LogP contribution < -0.4 is 10.5 Å². The van der Waals surface area contributed by atoms with E-state index in [2.05, 4.69) is 22.0 Å². The van der Waals surface area contributed by atoms with Gasteiger partial charge < -0.3 is 15.6 Å². The van der Waals surface area contributed by atoms with Crippen LogP contribution in [0.5, 0.6) is 5.75 Å². The lowest BCUT2D eigenvalue weighted by molar-refractivity contribution is 0.276. The summed E-state index contributed by atoms with van der Waals surface area (Å²) in [6.07, 6.45) is 6.77. The zero-order chi connectivity index (χ0) is 21.8. The second-order valence-electron chi connectivity index (χ2n) is 7.27. The number of nitrogens with zero attached hydrogens (tertiary/aromatic N) is 5. The first kappa shape index (κ1) is 20.9. The first-order valence-corrected chi connectivity index (χ1v) is 10.4. The van der Waals surface area contributed by atoms with Crippen molar-refractivity contribution >= 4 is 10.9 Å². The van der Waals surface area contributed by atoms with Crippen molar-refractivity contribution in [1.29, 1.82) is 0 Å². The Morgan fingerprint density at radius 1 is 1.13 bits per heavy atom. The van der Waals surface area contributed by atoms with Crippen LogP contribution in [0.3, 0.4) is 0 Å². The topological polar surface area (TPSA) is 112 Å². The summed E-state index contributed by atoms with van der Waals surface area (Å²) in [6, 6.07) is 9.80. The summed E-state index contributed by atoms with van der Waals surface area (Å²) >= 11 is 0. The molecule has 1 atom stereocenters. The summed E-state index contributed by atoms with van der Waals surface area (Å²) in [7, 11) is 0. The monoisotopic (exact) mass is 418 g/mol. The Kier molecular flexibility index (Phi) is 6.20. The van der Waals surface area contributed by atoms with Crippen molar-refractivity contribution in [3.8, 4) is 22.8 Å². The number of nitrogens with two attached hydrogens (primary N) is 1. The molecule has 0 aliphatic heterocycles. The van der Waals surface area contributed by atoms with Gasteiger partial charge in [0.25, 0.3) is 0 Å². The largest absolute Gasteiger partial charge is 0.493 e. The van der Waals surface area contributed by atoms with Crippen LogP contribution in [0.1, 0.15) is 44.1 Å². The Bertz CT molecular complexity index is 1190. The van der Waals surface area contributed by atoms with Crippen LogP contribution in [-0.2, 0) is 6.61 Å². The normalized spacial score (nSPS) is 12.3. The number of benzene rings is 1. The first-order valence-electron chi connectivity index (χ1n) is 10.4. The summed E-state index contributed by atoms with van der Waals surface area (Å²) in [5.41, 5.74) is 10.2. The van der Waals surface area contributed by atoms with Crippen molar-refractivity contribution in [1.82, 2.24) is 24.7 Å². The van der Waals surface area contributed by atoms with Gasteiger partial charge in [0.15, 0.2) is 5.82 Å². The first-order chi connectivity index (χ1) is 15.1. The van der Waals surface area contributed by atoms with Gasteiger partial charge in [0.05, 0.1) is 59.8 Å². The second-order valence-corrected chi connectivity index (χ2v) is 7.27. The van der Waals surface area contributed by atoms with Gasteiger partial charge in [-0.15, -0.1) is 0 Å². The molecule has 31 heavy (non-hydrogen) atoms. The lowest BCUT2D eigenvalue weighted by Crippen LogP contribution is -2.11. The fourth-order valence-corrected chi connectivity index (χ4v) is 3.55. The van der Waals surface area contributed by atoms with Gasteiger partial charge in [-0.1, -0.05) is 19.4 Å². The SMILES string of the molecule is CCC[C@H](N)c1cccc(-c2cc(OCC)c3cnn(-c4cncc(CO)n4)c3c2)n1. The minimum atomic E-state index is -0.190. The van der Waals surface area contributed by atoms with Crippen LogP contribution >= 0.6 is 0 Å². The summed E-state index contributed by atoms with van der Waals surface area (Å²) in [4.78, 5) is 13.4. The number of aliphatic hydroxyl groups is 1. The van der Waals surface area contributed by atoms with Crippen molar-refractivity contribution in [2.75, 3.05) is 6.61 Å². The van der Waals surface area contributed by atoms with E-state index >= 15 is 0 Å². The number of hydrogen-bond acceptors (Lipinski definition) is 7. The lowest BCUT2D eigenvalue weighted by atomic mass is 10.1. The van der Waals surface area contributed by atoms with E-state index in [1.54, 1.807) is 17.1 Å². The molecule has 0 saturated carbocycles. The average molecular weight is 419 g/mol. The van der Waals surface area contributed by atoms with Crippen molar-refractivity contribution in [2.45, 2.75) is 39.3 Å². The number of ether oxygens (including phenoxy) is 1. The van der Waals surface area contributed by atoms with Gasteiger partial charge in [-0.3, -0.25) is 9.97 Å². The van der Waals surface area contributed by atoms with Crippen LogP contribution in [0.2, 0.25) is 0 Å². The highest BCUT2D eigenvalue weighted by molar-refractivity contribution is 5.90. The zero-order valence-corrected chi connectivity index (χ0v) is 17.7. The lowest BCUT2D eigenvalue weighted by Gasteiger charge is -2.13. The van der Waals surface area contributed by atoms with Crippen LogP contribution in [0.15, 0.2) is 48.9 Å². The minimum absolute atomic E-state index is 0.0953. The third-order valence-corrected chi connectivity index (χ3v) is 5.05. The Hall–Kier alpha value is -3.36. The van der Waals surface area contributed by atoms with E-state index in [-0.39, 0.29) is 12.6 Å². The molecule has 0 bridgehead atoms. The molecule has 0 spiro atoms. The Morgan fingerprint density at radius 2 is 2.00 bits per heavy atom. The molecule has 4 aromatic rings. The maximum Gasteiger partial charge on any atom is 0.172 e. The summed E-state index contributed by atoms with van der Waals surface area (Å²) in [6.45, 7) is 4.40. The van der Waals surface area contributed by atoms with E-state index in [9.17, 15) is 5.11 Å². The molecule has 8 heteroatoms. The number of fused-ring (bicyclic) bond motifs is 1. The van der Waals surface area contributed by atoms with Gasteiger partial charge in [0.1, 0.15) is 5.75 Å². The van der Waals surface area contributed by atoms with Crippen molar-refractivity contribution < 1.29 is 9.84 Å². The van der Waals surface area contributed by atoms with Gasteiger partial charge >= 0.3 is 0 Å². The van der Waals surface area contributed by atoms with Crippen LogP contribution in [0, 0.1) is 0 Å². The predicted molar refractivity (Wildman–Crippen MR) is 119 cm³/mol.